The van der Waals surface area contributed by atoms with E-state index >= 15 is 0 Å². The van der Waals surface area contributed by atoms with Crippen LogP contribution in [-0.2, 0) is 24.2 Å². The molecule has 0 radical (unpaired) electrons. The lowest BCUT2D eigenvalue weighted by molar-refractivity contribution is -0.137. The van der Waals surface area contributed by atoms with Gasteiger partial charge in [-0.2, -0.15) is 4.98 Å². The summed E-state index contributed by atoms with van der Waals surface area (Å²) >= 11 is 3.44. The minimum atomic E-state index is -0.607. The number of likely N-dealkylation sites (N-methyl/N-ethyl adjacent to an activating group) is 1. The van der Waals surface area contributed by atoms with Gasteiger partial charge in [0.2, 0.25) is 11.7 Å². The molecule has 0 unspecified atom stereocenters. The zero-order valence-electron chi connectivity index (χ0n) is 17.1. The van der Waals surface area contributed by atoms with Gasteiger partial charge in [-0.1, -0.05) is 39.3 Å². The molecule has 156 valence electrons. The predicted octanol–water partition coefficient (Wildman–Crippen LogP) is 4.80. The number of carbonyl (C=O) groups is 1. The number of carbonyl (C=O) groups excluding carboxylic acids is 1. The van der Waals surface area contributed by atoms with Gasteiger partial charge in [0.15, 0.2) is 6.10 Å². The first kappa shape index (κ1) is 20.6. The number of ether oxygens (including phenoxy) is 1. The van der Waals surface area contributed by atoms with Gasteiger partial charge in [-0.15, -0.1) is 0 Å². The maximum absolute atomic E-state index is 12.8. The van der Waals surface area contributed by atoms with Crippen LogP contribution < -0.4 is 4.74 Å². The average molecular weight is 470 g/mol. The molecule has 1 amide bonds. The van der Waals surface area contributed by atoms with E-state index in [-0.39, 0.29) is 12.5 Å². The third kappa shape index (κ3) is 4.73. The quantitative estimate of drug-likeness (QED) is 0.518. The van der Waals surface area contributed by atoms with E-state index in [4.69, 9.17) is 9.26 Å². The van der Waals surface area contributed by atoms with Crippen LogP contribution in [0.3, 0.4) is 0 Å². The summed E-state index contributed by atoms with van der Waals surface area (Å²) < 4.78 is 12.2. The Morgan fingerprint density at radius 3 is 2.80 bits per heavy atom. The Kier molecular flexibility index (Phi) is 6.18. The van der Waals surface area contributed by atoms with Crippen molar-refractivity contribution >= 4 is 21.8 Å². The van der Waals surface area contributed by atoms with Crippen LogP contribution in [0.4, 0.5) is 0 Å². The molecule has 0 fully saturated rings. The summed E-state index contributed by atoms with van der Waals surface area (Å²) in [5, 5.41) is 4.02. The maximum Gasteiger partial charge on any atom is 0.263 e. The van der Waals surface area contributed by atoms with Gasteiger partial charge in [0.1, 0.15) is 5.75 Å². The van der Waals surface area contributed by atoms with Crippen molar-refractivity contribution in [2.75, 3.05) is 7.05 Å². The van der Waals surface area contributed by atoms with Crippen molar-refractivity contribution in [2.24, 2.45) is 0 Å². The average Bonchev–Trinajstić information content (AvgIpc) is 3.21. The molecular formula is C23H24BrN3O3. The molecule has 0 saturated heterocycles. The molecule has 1 aromatic heterocycles. The summed E-state index contributed by atoms with van der Waals surface area (Å²) in [7, 11) is 1.71. The molecule has 1 aliphatic rings. The Bertz CT molecular complexity index is 1050. The molecular weight excluding hydrogens is 446 g/mol. The second-order valence-electron chi connectivity index (χ2n) is 7.61. The van der Waals surface area contributed by atoms with Gasteiger partial charge >= 0.3 is 0 Å². The van der Waals surface area contributed by atoms with Crippen molar-refractivity contribution in [3.63, 3.8) is 0 Å². The molecule has 6 nitrogen and oxygen atoms in total. The number of aryl methyl sites for hydroxylation is 2. The SMILES string of the molecule is C[C@@H](Oc1ccc2c(c1)CCCC2)C(=O)N(C)Cc1nc(-c2cccc(Br)c2)no1. The Morgan fingerprint density at radius 1 is 1.20 bits per heavy atom. The number of hydrogen-bond acceptors (Lipinski definition) is 5. The van der Waals surface area contributed by atoms with Crippen LogP contribution >= 0.6 is 15.9 Å². The van der Waals surface area contributed by atoms with E-state index in [1.807, 2.05) is 30.3 Å². The summed E-state index contributed by atoms with van der Waals surface area (Å²) in [5.41, 5.74) is 3.57. The standard InChI is InChI=1S/C23H24BrN3O3/c1-15(29-20-11-10-16-6-3-4-7-17(16)13-20)23(28)27(2)14-21-25-22(26-30-21)18-8-5-9-19(24)12-18/h5,8-13,15H,3-4,6-7,14H2,1-2H3/t15-/m1/s1. The number of rotatable bonds is 6. The number of halogens is 1. The Hall–Kier alpha value is -2.67. The molecule has 4 rings (SSSR count). The highest BCUT2D eigenvalue weighted by Crippen LogP contribution is 2.26. The molecule has 3 aromatic rings. The van der Waals surface area contributed by atoms with Gasteiger partial charge in [0.25, 0.3) is 5.91 Å². The number of amides is 1. The summed E-state index contributed by atoms with van der Waals surface area (Å²) in [6.45, 7) is 1.98. The minimum absolute atomic E-state index is 0.144. The zero-order chi connectivity index (χ0) is 21.1. The van der Waals surface area contributed by atoms with Gasteiger partial charge in [-0.25, -0.2) is 0 Å². The van der Waals surface area contributed by atoms with E-state index in [0.29, 0.717) is 11.7 Å². The topological polar surface area (TPSA) is 68.5 Å². The molecule has 7 heteroatoms. The summed E-state index contributed by atoms with van der Waals surface area (Å²) in [5.74, 6) is 1.46. The molecule has 0 bridgehead atoms. The molecule has 30 heavy (non-hydrogen) atoms. The molecule has 1 heterocycles. The van der Waals surface area contributed by atoms with E-state index < -0.39 is 6.10 Å². The fourth-order valence-corrected chi connectivity index (χ4v) is 4.09. The first-order valence-corrected chi connectivity index (χ1v) is 10.9. The van der Waals surface area contributed by atoms with Crippen LogP contribution in [0.1, 0.15) is 36.8 Å². The normalized spacial score (nSPS) is 14.1. The number of hydrogen-bond donors (Lipinski definition) is 0. The summed E-state index contributed by atoms with van der Waals surface area (Å²) in [4.78, 5) is 18.7. The van der Waals surface area contributed by atoms with Crippen LogP contribution in [-0.4, -0.2) is 34.1 Å². The monoisotopic (exact) mass is 469 g/mol. The highest BCUT2D eigenvalue weighted by Gasteiger charge is 2.22. The number of fused-ring (bicyclic) bond motifs is 1. The Balaban J connectivity index is 1.37. The van der Waals surface area contributed by atoms with Crippen molar-refractivity contribution in [2.45, 2.75) is 45.3 Å². The van der Waals surface area contributed by atoms with Crippen molar-refractivity contribution in [1.29, 1.82) is 0 Å². The lowest BCUT2D eigenvalue weighted by Crippen LogP contribution is -2.37. The molecule has 1 atom stereocenters. The Labute approximate surface area is 184 Å². The number of benzene rings is 2. The number of nitrogens with zero attached hydrogens (tertiary/aromatic N) is 3. The van der Waals surface area contributed by atoms with E-state index in [2.05, 4.69) is 38.2 Å². The van der Waals surface area contributed by atoms with Crippen LogP contribution in [0, 0.1) is 0 Å². The highest BCUT2D eigenvalue weighted by atomic mass is 79.9. The first-order chi connectivity index (χ1) is 14.5. The smallest absolute Gasteiger partial charge is 0.263 e. The molecule has 1 aliphatic carbocycles. The summed E-state index contributed by atoms with van der Waals surface area (Å²) in [6.07, 6.45) is 4.04. The molecule has 0 spiro atoms. The first-order valence-electron chi connectivity index (χ1n) is 10.1. The van der Waals surface area contributed by atoms with E-state index in [1.165, 1.54) is 24.0 Å². The van der Waals surface area contributed by atoms with E-state index in [0.717, 1.165) is 28.6 Å². The van der Waals surface area contributed by atoms with Gasteiger partial charge in [-0.05, 0) is 68.0 Å². The van der Waals surface area contributed by atoms with Crippen LogP contribution in [0.5, 0.6) is 5.75 Å². The van der Waals surface area contributed by atoms with E-state index in [1.54, 1.807) is 18.9 Å². The van der Waals surface area contributed by atoms with Crippen molar-refractivity contribution in [3.8, 4) is 17.1 Å². The summed E-state index contributed by atoms with van der Waals surface area (Å²) in [6, 6.07) is 13.8. The van der Waals surface area contributed by atoms with Crippen molar-refractivity contribution < 1.29 is 14.1 Å². The largest absolute Gasteiger partial charge is 0.481 e. The van der Waals surface area contributed by atoms with Crippen LogP contribution in [0.15, 0.2) is 51.5 Å². The second-order valence-corrected chi connectivity index (χ2v) is 8.53. The lowest BCUT2D eigenvalue weighted by atomic mass is 9.92. The second kappa shape index (κ2) is 9.00. The third-order valence-corrected chi connectivity index (χ3v) is 5.77. The van der Waals surface area contributed by atoms with Gasteiger partial charge in [0.05, 0.1) is 6.54 Å². The molecule has 2 aromatic carbocycles. The van der Waals surface area contributed by atoms with E-state index in [9.17, 15) is 4.79 Å². The fraction of sp³-hybridized carbons (Fsp3) is 0.348. The maximum atomic E-state index is 12.8. The van der Waals surface area contributed by atoms with Gasteiger partial charge in [0, 0.05) is 17.1 Å². The highest BCUT2D eigenvalue weighted by molar-refractivity contribution is 9.10. The van der Waals surface area contributed by atoms with Crippen LogP contribution in [0.25, 0.3) is 11.4 Å². The fourth-order valence-electron chi connectivity index (χ4n) is 3.69. The van der Waals surface area contributed by atoms with Crippen LogP contribution in [0.2, 0.25) is 0 Å². The number of aromatic nitrogens is 2. The van der Waals surface area contributed by atoms with Gasteiger partial charge < -0.3 is 14.2 Å². The predicted molar refractivity (Wildman–Crippen MR) is 117 cm³/mol. The van der Waals surface area contributed by atoms with Crippen molar-refractivity contribution in [1.82, 2.24) is 15.0 Å². The minimum Gasteiger partial charge on any atom is -0.481 e. The molecule has 0 N–H and O–H groups in total. The van der Waals surface area contributed by atoms with Crippen molar-refractivity contribution in [3.05, 3.63) is 64.0 Å². The van der Waals surface area contributed by atoms with Gasteiger partial charge in [-0.3, -0.25) is 4.79 Å². The molecule has 0 saturated carbocycles. The molecule has 0 aliphatic heterocycles. The zero-order valence-corrected chi connectivity index (χ0v) is 18.7. The third-order valence-electron chi connectivity index (χ3n) is 5.28. The lowest BCUT2D eigenvalue weighted by Gasteiger charge is -2.22. The Morgan fingerprint density at radius 2 is 2.00 bits per heavy atom.